The number of rotatable bonds is 3. The first-order chi connectivity index (χ1) is 11.5. The standard InChI is InChI=1S/C18H17F3N2O/c19-14-3-1-2-13(10-14)11-18(24)23-8-6-22(7-9-23)17-5-4-15(20)12-16(17)21/h1-5,10,12H,6-9,11H2. The molecule has 1 saturated heterocycles. The van der Waals surface area contributed by atoms with Crippen LogP contribution in [0.4, 0.5) is 18.9 Å². The van der Waals surface area contributed by atoms with Crippen molar-refractivity contribution in [3.63, 3.8) is 0 Å². The second kappa shape index (κ2) is 6.95. The molecule has 0 N–H and O–H groups in total. The van der Waals surface area contributed by atoms with Gasteiger partial charge < -0.3 is 9.80 Å². The van der Waals surface area contributed by atoms with Crippen molar-refractivity contribution in [3.05, 3.63) is 65.5 Å². The fourth-order valence-corrected chi connectivity index (χ4v) is 2.87. The fourth-order valence-electron chi connectivity index (χ4n) is 2.87. The number of benzene rings is 2. The normalized spacial score (nSPS) is 14.8. The molecule has 2 aromatic rings. The summed E-state index contributed by atoms with van der Waals surface area (Å²) < 4.78 is 40.0. The summed E-state index contributed by atoms with van der Waals surface area (Å²) in [7, 11) is 0. The van der Waals surface area contributed by atoms with Gasteiger partial charge in [0.1, 0.15) is 17.5 Å². The molecule has 24 heavy (non-hydrogen) atoms. The molecule has 2 aromatic carbocycles. The minimum absolute atomic E-state index is 0.0835. The third kappa shape index (κ3) is 3.69. The molecular formula is C18H17F3N2O. The van der Waals surface area contributed by atoms with E-state index < -0.39 is 11.6 Å². The monoisotopic (exact) mass is 334 g/mol. The maximum Gasteiger partial charge on any atom is 0.227 e. The zero-order valence-corrected chi connectivity index (χ0v) is 13.0. The average molecular weight is 334 g/mol. The maximum atomic E-state index is 13.8. The molecule has 1 amide bonds. The van der Waals surface area contributed by atoms with Crippen molar-refractivity contribution >= 4 is 11.6 Å². The molecule has 0 saturated carbocycles. The summed E-state index contributed by atoms with van der Waals surface area (Å²) in [6.07, 6.45) is 0.142. The fraction of sp³-hybridized carbons (Fsp3) is 0.278. The molecule has 1 aliphatic rings. The van der Waals surface area contributed by atoms with Gasteiger partial charge in [0.2, 0.25) is 5.91 Å². The van der Waals surface area contributed by atoms with Crippen LogP contribution >= 0.6 is 0 Å². The second-order valence-electron chi connectivity index (χ2n) is 5.77. The van der Waals surface area contributed by atoms with Crippen LogP contribution in [0.25, 0.3) is 0 Å². The summed E-state index contributed by atoms with van der Waals surface area (Å²) in [6, 6.07) is 9.47. The molecule has 3 rings (SSSR count). The quantitative estimate of drug-likeness (QED) is 0.861. The van der Waals surface area contributed by atoms with Crippen molar-refractivity contribution in [1.29, 1.82) is 0 Å². The molecule has 0 unspecified atom stereocenters. The first-order valence-electron chi connectivity index (χ1n) is 7.75. The van der Waals surface area contributed by atoms with Crippen LogP contribution in [-0.2, 0) is 11.2 Å². The van der Waals surface area contributed by atoms with Gasteiger partial charge in [-0.3, -0.25) is 4.79 Å². The van der Waals surface area contributed by atoms with Gasteiger partial charge in [-0.25, -0.2) is 13.2 Å². The Hall–Kier alpha value is -2.50. The molecule has 0 bridgehead atoms. The largest absolute Gasteiger partial charge is 0.366 e. The van der Waals surface area contributed by atoms with E-state index in [0.717, 1.165) is 6.07 Å². The molecule has 6 heteroatoms. The van der Waals surface area contributed by atoms with Crippen LogP contribution in [0.5, 0.6) is 0 Å². The van der Waals surface area contributed by atoms with E-state index >= 15 is 0 Å². The molecular weight excluding hydrogens is 317 g/mol. The summed E-state index contributed by atoms with van der Waals surface area (Å²) in [5.74, 6) is -1.66. The molecule has 1 fully saturated rings. The van der Waals surface area contributed by atoms with E-state index in [1.54, 1.807) is 21.9 Å². The first kappa shape index (κ1) is 16.4. The molecule has 1 aliphatic heterocycles. The highest BCUT2D eigenvalue weighted by Gasteiger charge is 2.23. The van der Waals surface area contributed by atoms with Gasteiger partial charge in [-0.15, -0.1) is 0 Å². The van der Waals surface area contributed by atoms with Crippen molar-refractivity contribution in [1.82, 2.24) is 4.90 Å². The molecule has 126 valence electrons. The van der Waals surface area contributed by atoms with Gasteiger partial charge in [0.05, 0.1) is 12.1 Å². The molecule has 3 nitrogen and oxygen atoms in total. The number of carbonyl (C=O) groups excluding carboxylic acids is 1. The van der Waals surface area contributed by atoms with Gasteiger partial charge >= 0.3 is 0 Å². The molecule has 0 radical (unpaired) electrons. The maximum absolute atomic E-state index is 13.8. The summed E-state index contributed by atoms with van der Waals surface area (Å²) >= 11 is 0. The highest BCUT2D eigenvalue weighted by Crippen LogP contribution is 2.21. The summed E-state index contributed by atoms with van der Waals surface area (Å²) in [5.41, 5.74) is 0.973. The smallest absolute Gasteiger partial charge is 0.227 e. The predicted molar refractivity (Wildman–Crippen MR) is 85.3 cm³/mol. The zero-order chi connectivity index (χ0) is 17.1. The minimum atomic E-state index is -0.611. The van der Waals surface area contributed by atoms with E-state index in [4.69, 9.17) is 0 Å². The Morgan fingerprint density at radius 2 is 1.62 bits per heavy atom. The number of piperazine rings is 1. The van der Waals surface area contributed by atoms with Crippen LogP contribution in [0.2, 0.25) is 0 Å². The Balaban J connectivity index is 1.59. The second-order valence-corrected chi connectivity index (χ2v) is 5.77. The first-order valence-corrected chi connectivity index (χ1v) is 7.75. The number of halogens is 3. The lowest BCUT2D eigenvalue weighted by molar-refractivity contribution is -0.130. The molecule has 0 aromatic heterocycles. The van der Waals surface area contributed by atoms with Crippen molar-refractivity contribution in [2.45, 2.75) is 6.42 Å². The van der Waals surface area contributed by atoms with E-state index in [0.29, 0.717) is 37.4 Å². The van der Waals surface area contributed by atoms with Crippen molar-refractivity contribution in [3.8, 4) is 0 Å². The minimum Gasteiger partial charge on any atom is -0.366 e. The Morgan fingerprint density at radius 3 is 2.29 bits per heavy atom. The van der Waals surface area contributed by atoms with E-state index in [2.05, 4.69) is 0 Å². The van der Waals surface area contributed by atoms with Gasteiger partial charge in [0, 0.05) is 32.2 Å². The zero-order valence-electron chi connectivity index (χ0n) is 13.0. The number of carbonyl (C=O) groups is 1. The van der Waals surface area contributed by atoms with Crippen LogP contribution < -0.4 is 4.90 Å². The van der Waals surface area contributed by atoms with Crippen molar-refractivity contribution < 1.29 is 18.0 Å². The Bertz CT molecular complexity index is 743. The third-order valence-electron chi connectivity index (χ3n) is 4.13. The van der Waals surface area contributed by atoms with E-state index in [1.807, 2.05) is 0 Å². The highest BCUT2D eigenvalue weighted by molar-refractivity contribution is 5.79. The van der Waals surface area contributed by atoms with Crippen LogP contribution in [-0.4, -0.2) is 37.0 Å². The summed E-state index contributed by atoms with van der Waals surface area (Å²) in [5, 5.41) is 0. The SMILES string of the molecule is O=C(Cc1cccc(F)c1)N1CCN(c2ccc(F)cc2F)CC1. The lowest BCUT2D eigenvalue weighted by atomic mass is 10.1. The van der Waals surface area contributed by atoms with E-state index in [1.165, 1.54) is 24.3 Å². The predicted octanol–water partition coefficient (Wildman–Crippen LogP) is 3.00. The third-order valence-corrected chi connectivity index (χ3v) is 4.13. The molecule has 0 atom stereocenters. The number of nitrogens with zero attached hydrogens (tertiary/aromatic N) is 2. The van der Waals surface area contributed by atoms with Gasteiger partial charge in [0.25, 0.3) is 0 Å². The van der Waals surface area contributed by atoms with Gasteiger partial charge in [-0.05, 0) is 29.8 Å². The molecule has 1 heterocycles. The molecule has 0 aliphatic carbocycles. The van der Waals surface area contributed by atoms with Crippen LogP contribution in [0.15, 0.2) is 42.5 Å². The van der Waals surface area contributed by atoms with Gasteiger partial charge in [0.15, 0.2) is 0 Å². The van der Waals surface area contributed by atoms with E-state index in [9.17, 15) is 18.0 Å². The average Bonchev–Trinajstić information content (AvgIpc) is 2.55. The van der Waals surface area contributed by atoms with Gasteiger partial charge in [-0.2, -0.15) is 0 Å². The molecule has 0 spiro atoms. The number of hydrogen-bond acceptors (Lipinski definition) is 2. The van der Waals surface area contributed by atoms with Crippen LogP contribution in [0, 0.1) is 17.5 Å². The van der Waals surface area contributed by atoms with Crippen molar-refractivity contribution in [2.75, 3.05) is 31.1 Å². The summed E-state index contributed by atoms with van der Waals surface area (Å²) in [4.78, 5) is 15.8. The Kier molecular flexibility index (Phi) is 4.74. The van der Waals surface area contributed by atoms with Crippen LogP contribution in [0.1, 0.15) is 5.56 Å². The topological polar surface area (TPSA) is 23.6 Å². The van der Waals surface area contributed by atoms with E-state index in [-0.39, 0.29) is 18.1 Å². The lowest BCUT2D eigenvalue weighted by Gasteiger charge is -2.36. The number of amides is 1. The Labute approximate surface area is 138 Å². The highest BCUT2D eigenvalue weighted by atomic mass is 19.1. The van der Waals surface area contributed by atoms with Gasteiger partial charge in [-0.1, -0.05) is 12.1 Å². The lowest BCUT2D eigenvalue weighted by Crippen LogP contribution is -2.49. The number of hydrogen-bond donors (Lipinski definition) is 0. The van der Waals surface area contributed by atoms with Crippen molar-refractivity contribution in [2.24, 2.45) is 0 Å². The van der Waals surface area contributed by atoms with Crippen LogP contribution in [0.3, 0.4) is 0 Å². The summed E-state index contributed by atoms with van der Waals surface area (Å²) in [6.45, 7) is 1.84. The Morgan fingerprint density at radius 1 is 0.917 bits per heavy atom. The number of anilines is 1.